The summed E-state index contributed by atoms with van der Waals surface area (Å²) >= 11 is 13.6. The Balaban J connectivity index is 2.00. The molecule has 0 unspecified atom stereocenters. The third kappa shape index (κ3) is 4.02. The first kappa shape index (κ1) is 15.4. The first-order chi connectivity index (χ1) is 9.60. The van der Waals surface area contributed by atoms with E-state index < -0.39 is 0 Å². The van der Waals surface area contributed by atoms with Gasteiger partial charge in [0, 0.05) is 21.9 Å². The second-order valence-electron chi connectivity index (χ2n) is 4.40. The number of carbonyl (C=O) groups excluding carboxylic acids is 1. The maximum absolute atomic E-state index is 12.1. The van der Waals surface area contributed by atoms with E-state index >= 15 is 0 Å². The number of hydrogen-bond acceptors (Lipinski definition) is 2. The molecule has 0 saturated heterocycles. The lowest BCUT2D eigenvalue weighted by molar-refractivity contribution is 0.0983. The second-order valence-corrected chi connectivity index (χ2v) is 6.12. The van der Waals surface area contributed by atoms with E-state index in [2.05, 4.69) is 24.3 Å². The first-order valence-corrected chi connectivity index (χ1v) is 8.19. The number of aryl methyl sites for hydroxylation is 1. The molecular formula is C16H14Cl2OS. The number of rotatable bonds is 5. The van der Waals surface area contributed by atoms with Gasteiger partial charge in [0.05, 0.1) is 5.02 Å². The van der Waals surface area contributed by atoms with Crippen molar-refractivity contribution in [2.75, 3.05) is 6.26 Å². The van der Waals surface area contributed by atoms with Crippen LogP contribution in [0, 0.1) is 0 Å². The maximum atomic E-state index is 12.1. The molecule has 4 heteroatoms. The molecule has 2 aromatic rings. The molecule has 0 aliphatic rings. The van der Waals surface area contributed by atoms with Crippen LogP contribution in [-0.2, 0) is 6.42 Å². The van der Waals surface area contributed by atoms with Crippen molar-refractivity contribution in [1.29, 1.82) is 0 Å². The first-order valence-electron chi connectivity index (χ1n) is 6.21. The van der Waals surface area contributed by atoms with Gasteiger partial charge in [0.2, 0.25) is 0 Å². The molecule has 0 fully saturated rings. The van der Waals surface area contributed by atoms with Gasteiger partial charge in [0.25, 0.3) is 0 Å². The molecule has 2 aromatic carbocycles. The van der Waals surface area contributed by atoms with E-state index in [1.165, 1.54) is 4.90 Å². The van der Waals surface area contributed by atoms with E-state index in [0.717, 1.165) is 5.56 Å². The van der Waals surface area contributed by atoms with Crippen LogP contribution in [0.5, 0.6) is 0 Å². The molecule has 0 spiro atoms. The van der Waals surface area contributed by atoms with Gasteiger partial charge in [-0.3, -0.25) is 4.79 Å². The zero-order valence-corrected chi connectivity index (χ0v) is 13.4. The van der Waals surface area contributed by atoms with Crippen LogP contribution in [0.15, 0.2) is 47.4 Å². The lowest BCUT2D eigenvalue weighted by Crippen LogP contribution is -2.02. The van der Waals surface area contributed by atoms with Crippen molar-refractivity contribution < 1.29 is 4.79 Å². The molecule has 0 radical (unpaired) electrons. The highest BCUT2D eigenvalue weighted by molar-refractivity contribution is 7.98. The average Bonchev–Trinajstić information content (AvgIpc) is 2.45. The summed E-state index contributed by atoms with van der Waals surface area (Å²) in [6, 6.07) is 13.2. The van der Waals surface area contributed by atoms with E-state index in [4.69, 9.17) is 23.2 Å². The standard InChI is InChI=1S/C16H14Cl2OS/c1-20-13-6-2-11(3-7-13)4-9-16(19)14-8-5-12(17)10-15(14)18/h2-3,5-8,10H,4,9H2,1H3. The van der Waals surface area contributed by atoms with E-state index in [0.29, 0.717) is 28.5 Å². The van der Waals surface area contributed by atoms with E-state index in [-0.39, 0.29) is 5.78 Å². The zero-order chi connectivity index (χ0) is 14.5. The summed E-state index contributed by atoms with van der Waals surface area (Å²) in [6.45, 7) is 0. The third-order valence-corrected chi connectivity index (χ3v) is 4.32. The van der Waals surface area contributed by atoms with Gasteiger partial charge >= 0.3 is 0 Å². The molecule has 104 valence electrons. The van der Waals surface area contributed by atoms with Crippen LogP contribution in [0.25, 0.3) is 0 Å². The monoisotopic (exact) mass is 324 g/mol. The van der Waals surface area contributed by atoms with Crippen LogP contribution in [0.3, 0.4) is 0 Å². The van der Waals surface area contributed by atoms with Crippen LogP contribution in [0.4, 0.5) is 0 Å². The normalized spacial score (nSPS) is 10.6. The molecule has 0 aromatic heterocycles. The van der Waals surface area contributed by atoms with Crippen LogP contribution in [0.1, 0.15) is 22.3 Å². The van der Waals surface area contributed by atoms with Crippen molar-refractivity contribution in [3.8, 4) is 0 Å². The molecule has 0 amide bonds. The summed E-state index contributed by atoms with van der Waals surface area (Å²) in [5.74, 6) is 0.0422. The second kappa shape index (κ2) is 7.16. The van der Waals surface area contributed by atoms with E-state index in [9.17, 15) is 4.79 Å². The Morgan fingerprint density at radius 2 is 1.80 bits per heavy atom. The van der Waals surface area contributed by atoms with Gasteiger partial charge in [0.15, 0.2) is 5.78 Å². The summed E-state index contributed by atoms with van der Waals surface area (Å²) < 4.78 is 0. The van der Waals surface area contributed by atoms with Gasteiger partial charge in [-0.05, 0) is 48.6 Å². The molecule has 0 aliphatic carbocycles. The van der Waals surface area contributed by atoms with Crippen molar-refractivity contribution in [2.45, 2.75) is 17.7 Å². The maximum Gasteiger partial charge on any atom is 0.164 e. The summed E-state index contributed by atoms with van der Waals surface area (Å²) in [4.78, 5) is 13.4. The highest BCUT2D eigenvalue weighted by Gasteiger charge is 2.10. The van der Waals surface area contributed by atoms with Crippen LogP contribution in [0.2, 0.25) is 10.0 Å². The Hall–Kier alpha value is -0.960. The average molecular weight is 325 g/mol. The molecule has 20 heavy (non-hydrogen) atoms. The summed E-state index contributed by atoms with van der Waals surface area (Å²) in [6.07, 6.45) is 3.20. The van der Waals surface area contributed by atoms with Gasteiger partial charge in [-0.15, -0.1) is 11.8 Å². The molecule has 1 nitrogen and oxygen atoms in total. The minimum absolute atomic E-state index is 0.0422. The Kier molecular flexibility index (Phi) is 5.53. The lowest BCUT2D eigenvalue weighted by atomic mass is 10.0. The number of hydrogen-bond donors (Lipinski definition) is 0. The topological polar surface area (TPSA) is 17.1 Å². The molecule has 0 N–H and O–H groups in total. The fourth-order valence-electron chi connectivity index (χ4n) is 1.90. The predicted molar refractivity (Wildman–Crippen MR) is 87.3 cm³/mol. The van der Waals surface area contributed by atoms with E-state index in [1.54, 1.807) is 30.0 Å². The molecule has 0 heterocycles. The van der Waals surface area contributed by atoms with Crippen molar-refractivity contribution in [3.05, 3.63) is 63.6 Å². The fourth-order valence-corrected chi connectivity index (χ4v) is 2.82. The minimum Gasteiger partial charge on any atom is -0.294 e. The van der Waals surface area contributed by atoms with Crippen molar-refractivity contribution in [3.63, 3.8) is 0 Å². The fraction of sp³-hybridized carbons (Fsp3) is 0.188. The highest BCUT2D eigenvalue weighted by Crippen LogP contribution is 2.23. The zero-order valence-electron chi connectivity index (χ0n) is 11.0. The quantitative estimate of drug-likeness (QED) is 0.531. The third-order valence-electron chi connectivity index (χ3n) is 3.03. The van der Waals surface area contributed by atoms with E-state index in [1.807, 2.05) is 6.26 Å². The molecule has 2 rings (SSSR count). The Labute approximate surface area is 133 Å². The number of carbonyl (C=O) groups is 1. The van der Waals surface area contributed by atoms with Gasteiger partial charge in [-0.2, -0.15) is 0 Å². The molecule has 0 aliphatic heterocycles. The van der Waals surface area contributed by atoms with Gasteiger partial charge in [-0.25, -0.2) is 0 Å². The van der Waals surface area contributed by atoms with Gasteiger partial charge in [-0.1, -0.05) is 35.3 Å². The number of Topliss-reactive ketones (excluding diaryl/α,β-unsaturated/α-hetero) is 1. The number of thioether (sulfide) groups is 1. The minimum atomic E-state index is 0.0422. The number of halogens is 2. The van der Waals surface area contributed by atoms with Gasteiger partial charge < -0.3 is 0 Å². The SMILES string of the molecule is CSc1ccc(CCC(=O)c2ccc(Cl)cc2Cl)cc1. The van der Waals surface area contributed by atoms with Crippen molar-refractivity contribution >= 4 is 40.7 Å². The summed E-state index contributed by atoms with van der Waals surface area (Å²) in [7, 11) is 0. The van der Waals surface area contributed by atoms with Gasteiger partial charge in [0.1, 0.15) is 0 Å². The van der Waals surface area contributed by atoms with Crippen LogP contribution in [-0.4, -0.2) is 12.0 Å². The predicted octanol–water partition coefficient (Wildman–Crippen LogP) is 5.53. The largest absolute Gasteiger partial charge is 0.294 e. The molecule has 0 bridgehead atoms. The van der Waals surface area contributed by atoms with Crippen LogP contribution >= 0.6 is 35.0 Å². The Bertz CT molecular complexity index is 608. The molecule has 0 saturated carbocycles. The summed E-state index contributed by atoms with van der Waals surface area (Å²) in [5, 5.41) is 0.958. The van der Waals surface area contributed by atoms with Crippen molar-refractivity contribution in [2.24, 2.45) is 0 Å². The smallest absolute Gasteiger partial charge is 0.164 e. The molecule has 0 atom stereocenters. The number of ketones is 1. The number of benzene rings is 2. The Morgan fingerprint density at radius 3 is 2.40 bits per heavy atom. The van der Waals surface area contributed by atoms with Crippen LogP contribution < -0.4 is 0 Å². The Morgan fingerprint density at radius 1 is 1.10 bits per heavy atom. The lowest BCUT2D eigenvalue weighted by Gasteiger charge is -2.05. The van der Waals surface area contributed by atoms with Crippen molar-refractivity contribution in [1.82, 2.24) is 0 Å². The highest BCUT2D eigenvalue weighted by atomic mass is 35.5. The summed E-state index contributed by atoms with van der Waals surface area (Å²) in [5.41, 5.74) is 1.69. The molecular weight excluding hydrogens is 311 g/mol.